The van der Waals surface area contributed by atoms with E-state index in [1.165, 1.54) is 0 Å². The van der Waals surface area contributed by atoms with E-state index in [0.717, 1.165) is 11.3 Å². The second-order valence-corrected chi connectivity index (χ2v) is 3.10. The third-order valence-electron chi connectivity index (χ3n) is 2.13. The summed E-state index contributed by atoms with van der Waals surface area (Å²) >= 11 is 0. The van der Waals surface area contributed by atoms with E-state index in [1.807, 2.05) is 6.07 Å². The zero-order chi connectivity index (χ0) is 11.3. The van der Waals surface area contributed by atoms with E-state index in [-0.39, 0.29) is 5.91 Å². The summed E-state index contributed by atoms with van der Waals surface area (Å²) in [5, 5.41) is 2.58. The molecule has 1 rings (SSSR count). The minimum Gasteiger partial charge on any atom is -0.496 e. The lowest BCUT2D eigenvalue weighted by Crippen LogP contribution is -2.17. The summed E-state index contributed by atoms with van der Waals surface area (Å²) in [5.74, 6) is 0.686. The number of carbonyl (C=O) groups is 1. The molecule has 0 heterocycles. The zero-order valence-electron chi connectivity index (χ0n) is 9.04. The second-order valence-electron chi connectivity index (χ2n) is 3.10. The van der Waals surface area contributed by atoms with Crippen LogP contribution < -0.4 is 10.1 Å². The van der Waals surface area contributed by atoms with E-state index in [0.29, 0.717) is 12.0 Å². The highest BCUT2D eigenvalue weighted by Crippen LogP contribution is 2.20. The molecule has 0 radical (unpaired) electrons. The first-order valence-corrected chi connectivity index (χ1v) is 4.72. The highest BCUT2D eigenvalue weighted by molar-refractivity contribution is 5.94. The van der Waals surface area contributed by atoms with Crippen molar-refractivity contribution in [2.75, 3.05) is 14.2 Å². The molecule has 0 unspecified atom stereocenters. The molecule has 1 N–H and O–H groups in total. The molecule has 80 valence electrons. The van der Waals surface area contributed by atoms with Gasteiger partial charge in [-0.25, -0.2) is 0 Å². The van der Waals surface area contributed by atoms with Crippen molar-refractivity contribution in [1.29, 1.82) is 0 Å². The van der Waals surface area contributed by atoms with Crippen LogP contribution in [0.2, 0.25) is 0 Å². The van der Waals surface area contributed by atoms with Crippen molar-refractivity contribution in [3.05, 3.63) is 42.0 Å². The zero-order valence-corrected chi connectivity index (χ0v) is 9.04. The largest absolute Gasteiger partial charge is 0.496 e. The maximum Gasteiger partial charge on any atom is 0.251 e. The van der Waals surface area contributed by atoms with Crippen molar-refractivity contribution in [3.8, 4) is 5.75 Å². The SMILES string of the molecule is C=CCc1cc(C(=O)NC)ccc1OC. The van der Waals surface area contributed by atoms with Crippen LogP contribution in [0.1, 0.15) is 15.9 Å². The van der Waals surface area contributed by atoms with Crippen molar-refractivity contribution in [1.82, 2.24) is 5.32 Å². The summed E-state index contributed by atoms with van der Waals surface area (Å²) in [4.78, 5) is 11.4. The Morgan fingerprint density at radius 3 is 2.87 bits per heavy atom. The number of nitrogens with one attached hydrogen (secondary N) is 1. The molecule has 0 aromatic heterocycles. The van der Waals surface area contributed by atoms with E-state index in [2.05, 4.69) is 11.9 Å². The maximum absolute atomic E-state index is 11.4. The van der Waals surface area contributed by atoms with Gasteiger partial charge in [0.1, 0.15) is 5.75 Å². The van der Waals surface area contributed by atoms with Gasteiger partial charge in [-0.05, 0) is 30.2 Å². The van der Waals surface area contributed by atoms with E-state index >= 15 is 0 Å². The molecule has 0 spiro atoms. The summed E-state index contributed by atoms with van der Waals surface area (Å²) < 4.78 is 5.19. The van der Waals surface area contributed by atoms with Crippen molar-refractivity contribution in [3.63, 3.8) is 0 Å². The van der Waals surface area contributed by atoms with Crippen LogP contribution in [0.5, 0.6) is 5.75 Å². The average molecular weight is 205 g/mol. The molecular weight excluding hydrogens is 190 g/mol. The Bertz CT molecular complexity index is 372. The van der Waals surface area contributed by atoms with Crippen LogP contribution >= 0.6 is 0 Å². The summed E-state index contributed by atoms with van der Waals surface area (Å²) in [6, 6.07) is 5.35. The van der Waals surface area contributed by atoms with E-state index in [1.54, 1.807) is 32.4 Å². The molecule has 0 saturated heterocycles. The van der Waals surface area contributed by atoms with Crippen LogP contribution in [0.3, 0.4) is 0 Å². The monoisotopic (exact) mass is 205 g/mol. The van der Waals surface area contributed by atoms with Crippen molar-refractivity contribution < 1.29 is 9.53 Å². The van der Waals surface area contributed by atoms with E-state index in [4.69, 9.17) is 4.74 Å². The molecule has 0 bridgehead atoms. The summed E-state index contributed by atoms with van der Waals surface area (Å²) in [7, 11) is 3.22. The Morgan fingerprint density at radius 1 is 1.60 bits per heavy atom. The topological polar surface area (TPSA) is 38.3 Å². The van der Waals surface area contributed by atoms with Gasteiger partial charge in [-0.2, -0.15) is 0 Å². The first-order valence-electron chi connectivity index (χ1n) is 4.72. The Morgan fingerprint density at radius 2 is 2.33 bits per heavy atom. The first kappa shape index (κ1) is 11.3. The van der Waals surface area contributed by atoms with E-state index in [9.17, 15) is 4.79 Å². The van der Waals surface area contributed by atoms with Crippen molar-refractivity contribution in [2.45, 2.75) is 6.42 Å². The average Bonchev–Trinajstić information content (AvgIpc) is 2.28. The van der Waals surface area contributed by atoms with Gasteiger partial charge in [-0.15, -0.1) is 6.58 Å². The molecule has 0 aliphatic rings. The molecule has 0 atom stereocenters. The predicted octanol–water partition coefficient (Wildman–Crippen LogP) is 1.78. The lowest BCUT2D eigenvalue weighted by molar-refractivity contribution is 0.0963. The lowest BCUT2D eigenvalue weighted by Gasteiger charge is -2.08. The molecule has 0 aliphatic heterocycles. The Balaban J connectivity index is 3.09. The van der Waals surface area contributed by atoms with Crippen molar-refractivity contribution >= 4 is 5.91 Å². The van der Waals surface area contributed by atoms with Crippen LogP contribution in [0.4, 0.5) is 0 Å². The Labute approximate surface area is 89.8 Å². The molecule has 1 amide bonds. The molecule has 3 heteroatoms. The summed E-state index contributed by atoms with van der Waals surface area (Å²) in [6.45, 7) is 3.67. The van der Waals surface area contributed by atoms with Crippen LogP contribution in [0.15, 0.2) is 30.9 Å². The molecule has 15 heavy (non-hydrogen) atoms. The normalized spacial score (nSPS) is 9.47. The maximum atomic E-state index is 11.4. The third kappa shape index (κ3) is 2.59. The molecule has 1 aromatic carbocycles. The molecule has 0 saturated carbocycles. The Kier molecular flexibility index (Phi) is 3.92. The van der Waals surface area contributed by atoms with Crippen LogP contribution in [0, 0.1) is 0 Å². The standard InChI is InChI=1S/C12H15NO2/c1-4-5-9-8-10(12(14)13-2)6-7-11(9)15-3/h4,6-8H,1,5H2,2-3H3,(H,13,14). The number of hydrogen-bond donors (Lipinski definition) is 1. The smallest absolute Gasteiger partial charge is 0.251 e. The first-order chi connectivity index (χ1) is 7.22. The number of methoxy groups -OCH3 is 1. The Hall–Kier alpha value is -1.77. The minimum atomic E-state index is -0.0945. The van der Waals surface area contributed by atoms with Crippen LogP contribution in [-0.4, -0.2) is 20.1 Å². The molecule has 1 aromatic rings. The minimum absolute atomic E-state index is 0.0945. The van der Waals surface area contributed by atoms with Crippen molar-refractivity contribution in [2.24, 2.45) is 0 Å². The summed E-state index contributed by atoms with van der Waals surface area (Å²) in [5.41, 5.74) is 1.60. The van der Waals surface area contributed by atoms with Gasteiger partial charge in [0.05, 0.1) is 7.11 Å². The van der Waals surface area contributed by atoms with Gasteiger partial charge in [0.2, 0.25) is 0 Å². The van der Waals surface area contributed by atoms with Gasteiger partial charge in [0.15, 0.2) is 0 Å². The van der Waals surface area contributed by atoms with Crippen LogP contribution in [0.25, 0.3) is 0 Å². The van der Waals surface area contributed by atoms with Gasteiger partial charge < -0.3 is 10.1 Å². The van der Waals surface area contributed by atoms with Crippen LogP contribution in [-0.2, 0) is 6.42 Å². The fraction of sp³-hybridized carbons (Fsp3) is 0.250. The number of rotatable bonds is 4. The number of carbonyl (C=O) groups excluding carboxylic acids is 1. The fourth-order valence-electron chi connectivity index (χ4n) is 1.38. The number of ether oxygens (including phenoxy) is 1. The predicted molar refractivity (Wildman–Crippen MR) is 60.3 cm³/mol. The molecule has 3 nitrogen and oxygen atoms in total. The molecular formula is C12H15NO2. The molecule has 0 aliphatic carbocycles. The highest BCUT2D eigenvalue weighted by Gasteiger charge is 2.07. The number of allylic oxidation sites excluding steroid dienone is 1. The van der Waals surface area contributed by atoms with E-state index < -0.39 is 0 Å². The highest BCUT2D eigenvalue weighted by atomic mass is 16.5. The molecule has 0 fully saturated rings. The van der Waals surface area contributed by atoms with Gasteiger partial charge in [0.25, 0.3) is 5.91 Å². The second kappa shape index (κ2) is 5.20. The van der Waals surface area contributed by atoms with Gasteiger partial charge in [-0.3, -0.25) is 4.79 Å². The van der Waals surface area contributed by atoms with Gasteiger partial charge in [0, 0.05) is 12.6 Å². The quantitative estimate of drug-likeness (QED) is 0.761. The number of amides is 1. The third-order valence-corrected chi connectivity index (χ3v) is 2.13. The van der Waals surface area contributed by atoms with Gasteiger partial charge >= 0.3 is 0 Å². The fourth-order valence-corrected chi connectivity index (χ4v) is 1.38. The number of benzene rings is 1. The van der Waals surface area contributed by atoms with Gasteiger partial charge in [-0.1, -0.05) is 6.08 Å². The lowest BCUT2D eigenvalue weighted by atomic mass is 10.1. The summed E-state index contributed by atoms with van der Waals surface area (Å²) in [6.07, 6.45) is 2.47. The number of hydrogen-bond acceptors (Lipinski definition) is 2.